The van der Waals surface area contributed by atoms with Crippen LogP contribution in [0.25, 0.3) is 0 Å². The normalized spacial score (nSPS) is 11.5. The monoisotopic (exact) mass is 245 g/mol. The number of rotatable bonds is 4. The topological polar surface area (TPSA) is 56.1 Å². The summed E-state index contributed by atoms with van der Waals surface area (Å²) in [6, 6.07) is 7.68. The Hall–Kier alpha value is -2.02. The van der Waals surface area contributed by atoms with E-state index in [9.17, 15) is 4.79 Å². The molecule has 18 heavy (non-hydrogen) atoms. The van der Waals surface area contributed by atoms with Gasteiger partial charge in [-0.2, -0.15) is 5.26 Å². The van der Waals surface area contributed by atoms with Crippen LogP contribution in [0.4, 0.5) is 5.69 Å². The van der Waals surface area contributed by atoms with Crippen molar-refractivity contribution in [3.05, 3.63) is 29.3 Å². The summed E-state index contributed by atoms with van der Waals surface area (Å²) in [6.45, 7) is 4.21. The summed E-state index contributed by atoms with van der Waals surface area (Å²) in [4.78, 5) is 13.7. The molecule has 0 aromatic heterocycles. The first-order valence-electron chi connectivity index (χ1n) is 5.93. The van der Waals surface area contributed by atoms with Crippen LogP contribution in [0.1, 0.15) is 22.8 Å². The first-order chi connectivity index (χ1) is 8.49. The maximum absolute atomic E-state index is 12.1. The fourth-order valence-corrected chi connectivity index (χ4v) is 1.83. The zero-order valence-corrected chi connectivity index (χ0v) is 11.3. The van der Waals surface area contributed by atoms with E-state index in [-0.39, 0.29) is 11.8 Å². The third-order valence-corrected chi connectivity index (χ3v) is 2.86. The minimum atomic E-state index is -0.156. The van der Waals surface area contributed by atoms with Crippen molar-refractivity contribution in [3.63, 3.8) is 0 Å². The number of hydrogen-bond acceptors (Lipinski definition) is 3. The van der Waals surface area contributed by atoms with Gasteiger partial charge in [0.2, 0.25) is 0 Å². The third kappa shape index (κ3) is 3.24. The van der Waals surface area contributed by atoms with Gasteiger partial charge in [0.25, 0.3) is 5.91 Å². The number of hydrogen-bond donors (Lipinski definition) is 1. The van der Waals surface area contributed by atoms with Crippen LogP contribution < -0.4 is 5.32 Å². The molecule has 1 unspecified atom stereocenters. The molecule has 0 heterocycles. The predicted molar refractivity (Wildman–Crippen MR) is 72.5 cm³/mol. The van der Waals surface area contributed by atoms with Crippen molar-refractivity contribution in [1.82, 2.24) is 4.90 Å². The Kier molecular flexibility index (Phi) is 4.73. The molecule has 96 valence electrons. The molecule has 0 saturated heterocycles. The summed E-state index contributed by atoms with van der Waals surface area (Å²) in [6.07, 6.45) is 0. The molecular formula is C14H19N3O. The summed E-state index contributed by atoms with van der Waals surface area (Å²) < 4.78 is 0. The molecule has 0 bridgehead atoms. The van der Waals surface area contributed by atoms with Gasteiger partial charge in [0.15, 0.2) is 0 Å². The lowest BCUT2D eigenvalue weighted by Gasteiger charge is -2.19. The Balaban J connectivity index is 2.84. The molecule has 1 amide bonds. The molecule has 0 aliphatic carbocycles. The highest BCUT2D eigenvalue weighted by Crippen LogP contribution is 2.17. The third-order valence-electron chi connectivity index (χ3n) is 2.86. The summed E-state index contributed by atoms with van der Waals surface area (Å²) >= 11 is 0. The molecule has 0 fully saturated rings. The smallest absolute Gasteiger partial charge is 0.253 e. The summed E-state index contributed by atoms with van der Waals surface area (Å²) in [7, 11) is 3.57. The molecule has 4 heteroatoms. The van der Waals surface area contributed by atoms with E-state index in [2.05, 4.69) is 11.4 Å². The quantitative estimate of drug-likeness (QED) is 0.885. The highest BCUT2D eigenvalue weighted by atomic mass is 16.2. The summed E-state index contributed by atoms with van der Waals surface area (Å²) in [5.41, 5.74) is 2.70. The minimum Gasteiger partial charge on any atom is -0.388 e. The van der Waals surface area contributed by atoms with E-state index in [0.717, 1.165) is 11.3 Å². The van der Waals surface area contributed by atoms with Crippen LogP contribution in [0, 0.1) is 24.2 Å². The fourth-order valence-electron chi connectivity index (χ4n) is 1.83. The molecule has 1 rings (SSSR count). The van der Waals surface area contributed by atoms with E-state index in [1.165, 1.54) is 0 Å². The second-order valence-corrected chi connectivity index (χ2v) is 4.50. The lowest BCUT2D eigenvalue weighted by atomic mass is 10.1. The zero-order valence-electron chi connectivity index (χ0n) is 11.3. The van der Waals surface area contributed by atoms with Crippen molar-refractivity contribution in [3.8, 4) is 6.07 Å². The first kappa shape index (κ1) is 14.0. The Morgan fingerprint density at radius 3 is 2.72 bits per heavy atom. The van der Waals surface area contributed by atoms with E-state index < -0.39 is 0 Å². The molecule has 0 saturated carbocycles. The number of carbonyl (C=O) groups is 1. The van der Waals surface area contributed by atoms with Gasteiger partial charge in [-0.15, -0.1) is 0 Å². The van der Waals surface area contributed by atoms with Gasteiger partial charge < -0.3 is 10.2 Å². The van der Waals surface area contributed by atoms with Gasteiger partial charge in [0, 0.05) is 31.9 Å². The van der Waals surface area contributed by atoms with Gasteiger partial charge in [0.1, 0.15) is 0 Å². The van der Waals surface area contributed by atoms with Crippen molar-refractivity contribution < 1.29 is 4.79 Å². The second kappa shape index (κ2) is 6.06. The van der Waals surface area contributed by atoms with Crippen LogP contribution in [0.2, 0.25) is 0 Å². The van der Waals surface area contributed by atoms with Crippen molar-refractivity contribution >= 4 is 11.6 Å². The van der Waals surface area contributed by atoms with Crippen molar-refractivity contribution in [2.75, 3.05) is 26.0 Å². The molecule has 1 aromatic carbocycles. The van der Waals surface area contributed by atoms with Crippen LogP contribution in [0.15, 0.2) is 18.2 Å². The van der Waals surface area contributed by atoms with Gasteiger partial charge in [-0.25, -0.2) is 0 Å². The van der Waals surface area contributed by atoms with Gasteiger partial charge in [0.05, 0.1) is 12.0 Å². The second-order valence-electron chi connectivity index (χ2n) is 4.50. The number of anilines is 1. The Labute approximate surface area is 108 Å². The zero-order chi connectivity index (χ0) is 13.7. The van der Waals surface area contributed by atoms with Crippen LogP contribution in [-0.2, 0) is 0 Å². The van der Waals surface area contributed by atoms with Crippen LogP contribution in [0.3, 0.4) is 0 Å². The molecule has 4 nitrogen and oxygen atoms in total. The number of benzene rings is 1. The Bertz CT molecular complexity index is 476. The van der Waals surface area contributed by atoms with E-state index in [1.54, 1.807) is 24.9 Å². The summed E-state index contributed by atoms with van der Waals surface area (Å²) in [5.74, 6) is -0.209. The van der Waals surface area contributed by atoms with E-state index >= 15 is 0 Å². The Morgan fingerprint density at radius 2 is 2.22 bits per heavy atom. The van der Waals surface area contributed by atoms with Gasteiger partial charge >= 0.3 is 0 Å². The molecular weight excluding hydrogens is 226 g/mol. The van der Waals surface area contributed by atoms with Gasteiger partial charge in [-0.05, 0) is 37.6 Å². The number of carbonyl (C=O) groups excluding carboxylic acids is 1. The van der Waals surface area contributed by atoms with Crippen molar-refractivity contribution in [2.45, 2.75) is 13.8 Å². The molecule has 0 radical (unpaired) electrons. The number of nitrogens with zero attached hydrogens (tertiary/aromatic N) is 2. The van der Waals surface area contributed by atoms with Gasteiger partial charge in [-0.3, -0.25) is 4.79 Å². The number of nitriles is 1. The average molecular weight is 245 g/mol. The van der Waals surface area contributed by atoms with E-state index in [4.69, 9.17) is 5.26 Å². The predicted octanol–water partition coefficient (Wildman–Crippen LogP) is 2.27. The molecule has 1 aromatic rings. The maximum Gasteiger partial charge on any atom is 0.253 e. The van der Waals surface area contributed by atoms with Crippen LogP contribution in [-0.4, -0.2) is 31.4 Å². The number of nitrogens with one attached hydrogen (secondary N) is 1. The molecule has 1 N–H and O–H groups in total. The summed E-state index contributed by atoms with van der Waals surface area (Å²) in [5, 5.41) is 11.8. The highest BCUT2D eigenvalue weighted by Gasteiger charge is 2.14. The molecule has 1 atom stereocenters. The largest absolute Gasteiger partial charge is 0.388 e. The van der Waals surface area contributed by atoms with E-state index in [1.807, 2.05) is 26.1 Å². The lowest BCUT2D eigenvalue weighted by molar-refractivity contribution is 0.0785. The highest BCUT2D eigenvalue weighted by molar-refractivity contribution is 5.94. The minimum absolute atomic E-state index is 0.0529. The van der Waals surface area contributed by atoms with E-state index in [0.29, 0.717) is 12.1 Å². The standard InChI is InChI=1S/C14H19N3O/c1-10(8-15)9-17(4)14(18)12-5-6-13(16-3)11(2)7-12/h5-7,10,16H,9H2,1-4H3. The van der Waals surface area contributed by atoms with Crippen molar-refractivity contribution in [1.29, 1.82) is 5.26 Å². The molecule has 0 aliphatic rings. The first-order valence-corrected chi connectivity index (χ1v) is 5.93. The Morgan fingerprint density at radius 1 is 1.56 bits per heavy atom. The molecule has 0 aliphatic heterocycles. The molecule has 0 spiro atoms. The number of aryl methyl sites for hydroxylation is 1. The van der Waals surface area contributed by atoms with Crippen molar-refractivity contribution in [2.24, 2.45) is 5.92 Å². The average Bonchev–Trinajstić information content (AvgIpc) is 2.37. The van der Waals surface area contributed by atoms with Gasteiger partial charge in [-0.1, -0.05) is 0 Å². The maximum atomic E-state index is 12.1. The van der Waals surface area contributed by atoms with Crippen LogP contribution in [0.5, 0.6) is 0 Å². The SMILES string of the molecule is CNc1ccc(C(=O)N(C)CC(C)C#N)cc1C. The fraction of sp³-hybridized carbons (Fsp3) is 0.429. The lowest BCUT2D eigenvalue weighted by Crippen LogP contribution is -2.30. The van der Waals surface area contributed by atoms with Crippen LogP contribution >= 0.6 is 0 Å². The number of amides is 1.